The Hall–Kier alpha value is 0.177. The van der Waals surface area contributed by atoms with Gasteiger partial charge in [0.1, 0.15) is 0 Å². The second-order valence-corrected chi connectivity index (χ2v) is 10.1. The molecule has 0 fully saturated rings. The van der Waals surface area contributed by atoms with Crippen LogP contribution in [0, 0.1) is 6.92 Å². The van der Waals surface area contributed by atoms with Crippen molar-refractivity contribution >= 4 is 8.07 Å². The minimum atomic E-state index is -1.54. The highest BCUT2D eigenvalue weighted by Gasteiger charge is 2.39. The summed E-state index contributed by atoms with van der Waals surface area (Å²) in [5.74, 6) is 0. The van der Waals surface area contributed by atoms with Crippen LogP contribution in [0.2, 0.25) is 18.1 Å². The van der Waals surface area contributed by atoms with E-state index in [9.17, 15) is 5.11 Å². The molecule has 10 heavy (non-hydrogen) atoms. The molecular formula is C8H19OSi. The largest absolute Gasteiger partial charge is 0.397 e. The van der Waals surface area contributed by atoms with Gasteiger partial charge in [0.05, 0.1) is 8.07 Å². The van der Waals surface area contributed by atoms with Crippen LogP contribution in [-0.2, 0) is 0 Å². The van der Waals surface area contributed by atoms with Crippen molar-refractivity contribution in [3.05, 3.63) is 6.92 Å². The summed E-state index contributed by atoms with van der Waals surface area (Å²) in [5, 5.41) is 9.61. The Kier molecular flexibility index (Phi) is 2.71. The molecule has 1 N–H and O–H groups in total. The molecule has 0 heterocycles. The highest BCUT2D eigenvalue weighted by Crippen LogP contribution is 2.37. The number of hydrogen-bond donors (Lipinski definition) is 1. The number of aliphatic hydroxyl groups is 1. The molecule has 2 heteroatoms. The predicted molar refractivity (Wildman–Crippen MR) is 48.6 cm³/mol. The van der Waals surface area contributed by atoms with Gasteiger partial charge in [-0.05, 0) is 12.0 Å². The minimum Gasteiger partial charge on any atom is -0.397 e. The highest BCUT2D eigenvalue weighted by atomic mass is 28.3. The van der Waals surface area contributed by atoms with Crippen LogP contribution in [0.15, 0.2) is 0 Å². The Bertz CT molecular complexity index is 111. The summed E-state index contributed by atoms with van der Waals surface area (Å²) < 4.78 is 0. The topological polar surface area (TPSA) is 20.2 Å². The van der Waals surface area contributed by atoms with Crippen LogP contribution in [0.1, 0.15) is 20.8 Å². The van der Waals surface area contributed by atoms with Gasteiger partial charge in [0, 0.05) is 5.73 Å². The summed E-state index contributed by atoms with van der Waals surface area (Å²) in [5.41, 5.74) is -0.354. The van der Waals surface area contributed by atoms with Gasteiger partial charge in [0.15, 0.2) is 0 Å². The van der Waals surface area contributed by atoms with E-state index >= 15 is 0 Å². The van der Waals surface area contributed by atoms with Crippen molar-refractivity contribution in [2.24, 2.45) is 0 Å². The Balaban J connectivity index is 4.40. The van der Waals surface area contributed by atoms with E-state index in [1.54, 1.807) is 0 Å². The van der Waals surface area contributed by atoms with Crippen LogP contribution < -0.4 is 0 Å². The molecule has 0 saturated carbocycles. The summed E-state index contributed by atoms with van der Waals surface area (Å²) in [4.78, 5) is 0. The normalized spacial score (nSPS) is 17.1. The molecule has 0 aromatic carbocycles. The lowest BCUT2D eigenvalue weighted by molar-refractivity contribution is 0.281. The second kappa shape index (κ2) is 2.66. The molecule has 0 bridgehead atoms. The summed E-state index contributed by atoms with van der Waals surface area (Å²) in [6, 6.07) is 0. The minimum absolute atomic E-state index is 0.244. The fraction of sp³-hybridized carbons (Fsp3) is 0.875. The van der Waals surface area contributed by atoms with Crippen LogP contribution in [0.25, 0.3) is 0 Å². The molecule has 1 radical (unpaired) electrons. The molecule has 0 aromatic rings. The lowest BCUT2D eigenvalue weighted by Gasteiger charge is -2.39. The Morgan fingerprint density at radius 1 is 1.30 bits per heavy atom. The first kappa shape index (κ1) is 10.2. The quantitative estimate of drug-likeness (QED) is 0.582. The zero-order chi connectivity index (χ0) is 8.58. The summed E-state index contributed by atoms with van der Waals surface area (Å²) >= 11 is 0. The number of rotatable bonds is 1. The van der Waals surface area contributed by atoms with Crippen LogP contribution in [0.4, 0.5) is 0 Å². The first-order valence-electron chi connectivity index (χ1n) is 3.71. The number of aliphatic hydroxyl groups excluding tert-OH is 1. The second-order valence-electron chi connectivity index (χ2n) is 4.49. The van der Waals surface area contributed by atoms with E-state index in [0.29, 0.717) is 0 Å². The molecule has 0 spiro atoms. The standard InChI is InChI=1S/C8H19OSi/c1-7(9)10(5,6)8(2,3)4/h7,9H,1H2,2-6H3. The Morgan fingerprint density at radius 3 is 1.60 bits per heavy atom. The van der Waals surface area contributed by atoms with E-state index < -0.39 is 8.07 Å². The molecule has 0 amide bonds. The third kappa shape index (κ3) is 1.83. The van der Waals surface area contributed by atoms with E-state index in [1.165, 1.54) is 0 Å². The smallest absolute Gasteiger partial charge is 0.0864 e. The molecule has 1 nitrogen and oxygen atoms in total. The molecule has 61 valence electrons. The zero-order valence-electron chi connectivity index (χ0n) is 7.73. The van der Waals surface area contributed by atoms with Crippen molar-refractivity contribution in [2.45, 2.75) is 44.6 Å². The molecule has 0 saturated heterocycles. The van der Waals surface area contributed by atoms with Crippen molar-refractivity contribution in [3.63, 3.8) is 0 Å². The Morgan fingerprint density at radius 2 is 1.60 bits per heavy atom. The molecule has 0 aliphatic rings. The first-order valence-corrected chi connectivity index (χ1v) is 6.78. The maximum atomic E-state index is 9.37. The molecular weight excluding hydrogens is 140 g/mol. The van der Waals surface area contributed by atoms with Crippen LogP contribution >= 0.6 is 0 Å². The van der Waals surface area contributed by atoms with Crippen LogP contribution in [0.3, 0.4) is 0 Å². The third-order valence-corrected chi connectivity index (χ3v) is 8.30. The van der Waals surface area contributed by atoms with Crippen LogP contribution in [0.5, 0.6) is 0 Å². The Labute approximate surface area is 65.5 Å². The van der Waals surface area contributed by atoms with Gasteiger partial charge in [-0.25, -0.2) is 0 Å². The van der Waals surface area contributed by atoms with Gasteiger partial charge in [0.25, 0.3) is 0 Å². The van der Waals surface area contributed by atoms with Gasteiger partial charge in [0.2, 0.25) is 0 Å². The average Bonchev–Trinajstić information content (AvgIpc) is 1.62. The van der Waals surface area contributed by atoms with Crippen molar-refractivity contribution < 1.29 is 5.11 Å². The van der Waals surface area contributed by atoms with E-state index in [1.807, 2.05) is 0 Å². The lowest BCUT2D eigenvalue weighted by atomic mass is 10.2. The summed E-state index contributed by atoms with van der Waals surface area (Å²) in [6.07, 6.45) is 0. The lowest BCUT2D eigenvalue weighted by Crippen LogP contribution is -2.47. The van der Waals surface area contributed by atoms with Gasteiger partial charge in [-0.1, -0.05) is 33.9 Å². The van der Waals surface area contributed by atoms with Crippen molar-refractivity contribution in [1.82, 2.24) is 0 Å². The van der Waals surface area contributed by atoms with E-state index in [-0.39, 0.29) is 10.8 Å². The van der Waals surface area contributed by atoms with Gasteiger partial charge < -0.3 is 5.11 Å². The predicted octanol–water partition coefficient (Wildman–Crippen LogP) is 2.23. The van der Waals surface area contributed by atoms with E-state index in [0.717, 1.165) is 0 Å². The van der Waals surface area contributed by atoms with Crippen molar-refractivity contribution in [2.75, 3.05) is 0 Å². The highest BCUT2D eigenvalue weighted by molar-refractivity contribution is 6.81. The monoisotopic (exact) mass is 159 g/mol. The molecule has 1 unspecified atom stereocenters. The van der Waals surface area contributed by atoms with Crippen molar-refractivity contribution in [1.29, 1.82) is 0 Å². The third-order valence-electron chi connectivity index (χ3n) is 2.77. The van der Waals surface area contributed by atoms with Gasteiger partial charge in [-0.2, -0.15) is 0 Å². The van der Waals surface area contributed by atoms with Crippen molar-refractivity contribution in [3.8, 4) is 0 Å². The zero-order valence-corrected chi connectivity index (χ0v) is 8.73. The summed E-state index contributed by atoms with van der Waals surface area (Å²) in [6.45, 7) is 14.6. The fourth-order valence-corrected chi connectivity index (χ4v) is 1.50. The van der Waals surface area contributed by atoms with Gasteiger partial charge in [-0.15, -0.1) is 0 Å². The van der Waals surface area contributed by atoms with Gasteiger partial charge >= 0.3 is 0 Å². The molecule has 1 atom stereocenters. The SMILES string of the molecule is [CH2]C(O)[Si](C)(C)C(C)(C)C. The van der Waals surface area contributed by atoms with E-state index in [2.05, 4.69) is 40.8 Å². The number of hydrogen-bond acceptors (Lipinski definition) is 1. The molecule has 0 aromatic heterocycles. The molecule has 0 rings (SSSR count). The van der Waals surface area contributed by atoms with Crippen LogP contribution in [-0.4, -0.2) is 18.9 Å². The molecule has 0 aliphatic heterocycles. The average molecular weight is 159 g/mol. The first-order chi connectivity index (χ1) is 4.19. The maximum absolute atomic E-state index is 9.37. The van der Waals surface area contributed by atoms with Gasteiger partial charge in [-0.3, -0.25) is 0 Å². The summed E-state index contributed by atoms with van der Waals surface area (Å²) in [7, 11) is -1.54. The molecule has 0 aliphatic carbocycles. The maximum Gasteiger partial charge on any atom is 0.0864 e. The fourth-order valence-electron chi connectivity index (χ4n) is 0.500. The van der Waals surface area contributed by atoms with E-state index in [4.69, 9.17) is 0 Å².